The minimum Gasteiger partial charge on any atom is -0.326 e. The molecule has 0 unspecified atom stereocenters. The lowest BCUT2D eigenvalue weighted by Crippen LogP contribution is -2.23. The van der Waals surface area contributed by atoms with Crippen molar-refractivity contribution in [2.75, 3.05) is 17.2 Å². The van der Waals surface area contributed by atoms with Gasteiger partial charge in [-0.15, -0.1) is 6.58 Å². The number of rotatable bonds is 8. The number of sulfonamides is 1. The van der Waals surface area contributed by atoms with Crippen molar-refractivity contribution in [2.45, 2.75) is 25.7 Å². The van der Waals surface area contributed by atoms with Crippen molar-refractivity contribution in [3.05, 3.63) is 66.2 Å². The molecule has 0 aliphatic carbocycles. The second kappa shape index (κ2) is 9.49. The number of amides is 2. The van der Waals surface area contributed by atoms with Crippen LogP contribution < -0.4 is 15.4 Å². The Morgan fingerprint density at radius 1 is 1.07 bits per heavy atom. The maximum Gasteiger partial charge on any atom is 0.255 e. The van der Waals surface area contributed by atoms with Crippen LogP contribution in [-0.2, 0) is 14.8 Å². The van der Waals surface area contributed by atoms with E-state index in [0.717, 1.165) is 5.56 Å². The van der Waals surface area contributed by atoms with Crippen LogP contribution in [0.4, 0.5) is 11.4 Å². The highest BCUT2D eigenvalue weighted by Gasteiger charge is 2.15. The zero-order valence-corrected chi connectivity index (χ0v) is 17.5. The predicted octanol–water partition coefficient (Wildman–Crippen LogP) is 3.31. The smallest absolute Gasteiger partial charge is 0.255 e. The molecule has 8 heteroatoms. The molecule has 0 saturated carbocycles. The third-order valence-corrected chi connectivity index (χ3v) is 5.56. The average molecular weight is 416 g/mol. The first-order valence-corrected chi connectivity index (χ1v) is 10.6. The Morgan fingerprint density at radius 3 is 2.31 bits per heavy atom. The van der Waals surface area contributed by atoms with Crippen LogP contribution in [0.3, 0.4) is 0 Å². The number of carbonyl (C=O) groups excluding carboxylic acids is 2. The molecule has 0 spiro atoms. The minimum absolute atomic E-state index is 0.0606. The van der Waals surface area contributed by atoms with E-state index >= 15 is 0 Å². The molecule has 2 aromatic rings. The van der Waals surface area contributed by atoms with Crippen LogP contribution in [0.25, 0.3) is 0 Å². The Labute approximate surface area is 171 Å². The topological polar surface area (TPSA) is 104 Å². The van der Waals surface area contributed by atoms with Crippen molar-refractivity contribution >= 4 is 33.2 Å². The van der Waals surface area contributed by atoms with E-state index in [9.17, 15) is 18.0 Å². The second-order valence-corrected chi connectivity index (χ2v) is 8.56. The van der Waals surface area contributed by atoms with Gasteiger partial charge in [-0.2, -0.15) is 0 Å². The Morgan fingerprint density at radius 2 is 1.72 bits per heavy atom. The van der Waals surface area contributed by atoms with Gasteiger partial charge in [0.1, 0.15) is 0 Å². The molecule has 2 rings (SSSR count). The summed E-state index contributed by atoms with van der Waals surface area (Å²) in [6, 6.07) is 10.9. The number of benzene rings is 2. The molecule has 0 radical (unpaired) electrons. The van der Waals surface area contributed by atoms with Crippen LogP contribution in [0.2, 0.25) is 0 Å². The lowest BCUT2D eigenvalue weighted by molar-refractivity contribution is -0.118. The quantitative estimate of drug-likeness (QED) is 0.575. The van der Waals surface area contributed by atoms with E-state index in [1.54, 1.807) is 32.0 Å². The summed E-state index contributed by atoms with van der Waals surface area (Å²) in [5.41, 5.74) is 2.28. The van der Waals surface area contributed by atoms with Gasteiger partial charge in [0.15, 0.2) is 0 Å². The lowest BCUT2D eigenvalue weighted by atomic mass is 10.1. The fraction of sp³-hybridized carbons (Fsp3) is 0.238. The van der Waals surface area contributed by atoms with Crippen molar-refractivity contribution in [3.8, 4) is 0 Å². The normalized spacial score (nSPS) is 11.2. The number of hydrogen-bond acceptors (Lipinski definition) is 4. The van der Waals surface area contributed by atoms with Gasteiger partial charge in [0.25, 0.3) is 5.91 Å². The van der Waals surface area contributed by atoms with E-state index in [-0.39, 0.29) is 29.2 Å². The summed E-state index contributed by atoms with van der Waals surface area (Å²) >= 11 is 0. The summed E-state index contributed by atoms with van der Waals surface area (Å²) in [6.07, 6.45) is 1.44. The number of carbonyl (C=O) groups is 2. The molecule has 0 atom stereocenters. The van der Waals surface area contributed by atoms with Crippen molar-refractivity contribution < 1.29 is 18.0 Å². The van der Waals surface area contributed by atoms with Crippen LogP contribution >= 0.6 is 0 Å². The standard InChI is InChI=1S/C21H25N3O4S/c1-5-12-22-29(27,28)18-10-7-16(8-11-18)21(26)24-19-13-17(9-6-15(19)4)23-20(25)14(2)3/h5-11,13-14,22H,1,12H2,2-4H3,(H,23,25)(H,24,26). The largest absolute Gasteiger partial charge is 0.326 e. The fourth-order valence-corrected chi connectivity index (χ4v) is 3.35. The van der Waals surface area contributed by atoms with E-state index in [4.69, 9.17) is 0 Å². The molecule has 29 heavy (non-hydrogen) atoms. The van der Waals surface area contributed by atoms with E-state index in [1.165, 1.54) is 30.3 Å². The summed E-state index contributed by atoms with van der Waals surface area (Å²) < 4.78 is 26.5. The number of hydrogen-bond donors (Lipinski definition) is 3. The van der Waals surface area contributed by atoms with Gasteiger partial charge in [0, 0.05) is 29.4 Å². The van der Waals surface area contributed by atoms with Crippen molar-refractivity contribution in [1.82, 2.24) is 4.72 Å². The molecule has 154 valence electrons. The zero-order chi connectivity index (χ0) is 21.6. The molecule has 0 fully saturated rings. The zero-order valence-electron chi connectivity index (χ0n) is 16.7. The van der Waals surface area contributed by atoms with Crippen LogP contribution in [0.1, 0.15) is 29.8 Å². The van der Waals surface area contributed by atoms with Crippen LogP contribution in [0, 0.1) is 12.8 Å². The van der Waals surface area contributed by atoms with Gasteiger partial charge in [-0.25, -0.2) is 13.1 Å². The van der Waals surface area contributed by atoms with E-state index in [0.29, 0.717) is 16.9 Å². The van der Waals surface area contributed by atoms with Crippen LogP contribution in [0.15, 0.2) is 60.0 Å². The van der Waals surface area contributed by atoms with Gasteiger partial charge in [-0.3, -0.25) is 9.59 Å². The Bertz CT molecular complexity index is 1010. The van der Waals surface area contributed by atoms with E-state index in [2.05, 4.69) is 21.9 Å². The van der Waals surface area contributed by atoms with Crippen molar-refractivity contribution in [3.63, 3.8) is 0 Å². The molecule has 0 saturated heterocycles. The van der Waals surface area contributed by atoms with Crippen LogP contribution in [-0.4, -0.2) is 26.8 Å². The first-order valence-electron chi connectivity index (χ1n) is 9.07. The molecule has 0 aliphatic heterocycles. The Balaban J connectivity index is 2.16. The molecule has 0 heterocycles. The lowest BCUT2D eigenvalue weighted by Gasteiger charge is -2.13. The number of nitrogens with one attached hydrogen (secondary N) is 3. The van der Waals surface area contributed by atoms with Crippen molar-refractivity contribution in [1.29, 1.82) is 0 Å². The molecular formula is C21H25N3O4S. The molecular weight excluding hydrogens is 390 g/mol. The van der Waals surface area contributed by atoms with Gasteiger partial charge in [0.05, 0.1) is 4.90 Å². The van der Waals surface area contributed by atoms with Crippen molar-refractivity contribution in [2.24, 2.45) is 5.92 Å². The van der Waals surface area contributed by atoms with Crippen LogP contribution in [0.5, 0.6) is 0 Å². The molecule has 2 aromatic carbocycles. The van der Waals surface area contributed by atoms with Gasteiger partial charge >= 0.3 is 0 Å². The minimum atomic E-state index is -3.65. The van der Waals surface area contributed by atoms with E-state index < -0.39 is 10.0 Å². The maximum atomic E-state index is 12.6. The summed E-state index contributed by atoms with van der Waals surface area (Å²) in [5.74, 6) is -0.665. The third-order valence-electron chi connectivity index (χ3n) is 4.12. The summed E-state index contributed by atoms with van der Waals surface area (Å²) in [7, 11) is -3.65. The summed E-state index contributed by atoms with van der Waals surface area (Å²) in [5, 5.41) is 5.59. The van der Waals surface area contributed by atoms with Gasteiger partial charge in [-0.05, 0) is 48.9 Å². The molecule has 0 bridgehead atoms. The monoisotopic (exact) mass is 415 g/mol. The average Bonchev–Trinajstić information content (AvgIpc) is 2.69. The number of aryl methyl sites for hydroxylation is 1. The predicted molar refractivity (Wildman–Crippen MR) is 114 cm³/mol. The fourth-order valence-electron chi connectivity index (χ4n) is 2.35. The highest BCUT2D eigenvalue weighted by atomic mass is 32.2. The highest BCUT2D eigenvalue weighted by molar-refractivity contribution is 7.89. The third kappa shape index (κ3) is 6.00. The molecule has 2 amide bonds. The maximum absolute atomic E-state index is 12.6. The summed E-state index contributed by atoms with van der Waals surface area (Å²) in [6.45, 7) is 9.01. The molecule has 3 N–H and O–H groups in total. The summed E-state index contributed by atoms with van der Waals surface area (Å²) in [4.78, 5) is 24.5. The number of anilines is 2. The van der Waals surface area contributed by atoms with E-state index in [1.807, 2.05) is 6.92 Å². The molecule has 0 aromatic heterocycles. The molecule has 0 aliphatic rings. The van der Waals surface area contributed by atoms with Gasteiger partial charge < -0.3 is 10.6 Å². The van der Waals surface area contributed by atoms with Gasteiger partial charge in [0.2, 0.25) is 15.9 Å². The second-order valence-electron chi connectivity index (χ2n) is 6.79. The highest BCUT2D eigenvalue weighted by Crippen LogP contribution is 2.22. The molecule has 7 nitrogen and oxygen atoms in total. The van der Waals surface area contributed by atoms with Gasteiger partial charge in [-0.1, -0.05) is 26.0 Å². The Hall–Kier alpha value is -2.97. The first-order chi connectivity index (χ1) is 13.6. The SMILES string of the molecule is C=CCNS(=O)(=O)c1ccc(C(=O)Nc2cc(NC(=O)C(C)C)ccc2C)cc1. The Kier molecular flexibility index (Phi) is 7.30. The first kappa shape index (κ1) is 22.3.